The maximum atomic E-state index is 12.3. The Labute approximate surface area is 175 Å². The van der Waals surface area contributed by atoms with E-state index in [9.17, 15) is 10.1 Å². The molecule has 0 aliphatic carbocycles. The summed E-state index contributed by atoms with van der Waals surface area (Å²) in [7, 11) is 0. The Morgan fingerprint density at radius 3 is 2.46 bits per heavy atom. The summed E-state index contributed by atoms with van der Waals surface area (Å²) in [6, 6.07) is 8.87. The Hall–Kier alpha value is -2.24. The quantitative estimate of drug-likeness (QED) is 0.606. The van der Waals surface area contributed by atoms with E-state index in [2.05, 4.69) is 10.3 Å². The van der Waals surface area contributed by atoms with Crippen molar-refractivity contribution < 1.29 is 19.6 Å². The number of hydrogen-bond acceptors (Lipinski definition) is 6. The zero-order valence-electron chi connectivity index (χ0n) is 15.8. The summed E-state index contributed by atoms with van der Waals surface area (Å²) in [5.41, 5.74) is 1.99. The van der Waals surface area contributed by atoms with E-state index in [1.807, 2.05) is 6.07 Å². The summed E-state index contributed by atoms with van der Waals surface area (Å²) in [5.74, 6) is -0.524. The van der Waals surface area contributed by atoms with Gasteiger partial charge in [0.05, 0.1) is 55.8 Å². The van der Waals surface area contributed by atoms with E-state index in [1.165, 1.54) is 0 Å². The van der Waals surface area contributed by atoms with Gasteiger partial charge in [-0.3, -0.25) is 4.98 Å². The van der Waals surface area contributed by atoms with Crippen molar-refractivity contribution in [2.24, 2.45) is 0 Å². The normalized spacial score (nSPS) is 13.1. The van der Waals surface area contributed by atoms with Gasteiger partial charge in [0.2, 0.25) is 0 Å². The third-order valence-corrected chi connectivity index (χ3v) is 4.55. The predicted octanol–water partition coefficient (Wildman–Crippen LogP) is 2.24. The lowest BCUT2D eigenvalue weighted by atomic mass is 9.95. The number of halogens is 1. The molecule has 1 aliphatic heterocycles. The number of rotatable bonds is 3. The number of nitriles is 1. The molecule has 1 aromatic carbocycles. The lowest BCUT2D eigenvalue weighted by Crippen LogP contribution is -2.87. The number of quaternary nitrogens is 1. The first kappa shape index (κ1) is 22.1. The number of carbonyl (C=O) groups is 1. The molecule has 8 heteroatoms. The molecule has 2 aromatic rings. The second-order valence-electron chi connectivity index (χ2n) is 5.94. The van der Waals surface area contributed by atoms with E-state index in [0.29, 0.717) is 21.8 Å². The van der Waals surface area contributed by atoms with Gasteiger partial charge in [0.15, 0.2) is 0 Å². The van der Waals surface area contributed by atoms with Crippen LogP contribution in [0.25, 0.3) is 11.1 Å². The Balaban J connectivity index is 0.000000397. The molecule has 1 fully saturated rings. The molecule has 0 unspecified atom stereocenters. The minimum absolute atomic E-state index is 0.165. The monoisotopic (exact) mass is 419 g/mol. The SMILES string of the molecule is C1COCC[NH2+]1.CCOC(=O)c1c(C)nc([S-])c(C#N)c1-c1ccc(Cl)cc1. The van der Waals surface area contributed by atoms with Crippen molar-refractivity contribution in [2.75, 3.05) is 32.9 Å². The van der Waals surface area contributed by atoms with Gasteiger partial charge in [-0.15, -0.1) is 0 Å². The van der Waals surface area contributed by atoms with Crippen molar-refractivity contribution in [1.29, 1.82) is 5.26 Å². The number of hydrogen-bond donors (Lipinski definition) is 1. The van der Waals surface area contributed by atoms with Crippen LogP contribution in [0.5, 0.6) is 0 Å². The molecule has 6 nitrogen and oxygen atoms in total. The van der Waals surface area contributed by atoms with Gasteiger partial charge < -0.3 is 27.4 Å². The summed E-state index contributed by atoms with van der Waals surface area (Å²) >= 11 is 11.0. The smallest absolute Gasteiger partial charge is 0.340 e. The zero-order valence-corrected chi connectivity index (χ0v) is 17.4. The second-order valence-corrected chi connectivity index (χ2v) is 6.77. The summed E-state index contributed by atoms with van der Waals surface area (Å²) in [5, 5.41) is 12.4. The average molecular weight is 420 g/mol. The van der Waals surface area contributed by atoms with Crippen LogP contribution < -0.4 is 5.32 Å². The highest BCUT2D eigenvalue weighted by Crippen LogP contribution is 2.32. The Morgan fingerprint density at radius 2 is 2.00 bits per heavy atom. The molecule has 0 amide bonds. The first-order valence-corrected chi connectivity index (χ1v) is 9.72. The van der Waals surface area contributed by atoms with Gasteiger partial charge >= 0.3 is 5.97 Å². The van der Waals surface area contributed by atoms with Gasteiger partial charge in [-0.25, -0.2) is 4.79 Å². The number of esters is 1. The number of aryl methyl sites for hydroxylation is 1. The number of benzene rings is 1. The fraction of sp³-hybridized carbons (Fsp3) is 0.350. The largest absolute Gasteiger partial charge is 0.759 e. The van der Waals surface area contributed by atoms with E-state index >= 15 is 0 Å². The molecule has 1 aliphatic rings. The molecule has 3 rings (SSSR count). The number of nitrogens with two attached hydrogens (primary N) is 1. The topological polar surface area (TPSA) is 88.8 Å². The van der Waals surface area contributed by atoms with Crippen molar-refractivity contribution in [1.82, 2.24) is 4.98 Å². The lowest BCUT2D eigenvalue weighted by molar-refractivity contribution is -0.670. The number of aromatic nitrogens is 1. The van der Waals surface area contributed by atoms with E-state index in [1.54, 1.807) is 38.1 Å². The van der Waals surface area contributed by atoms with Crippen LogP contribution in [-0.4, -0.2) is 43.9 Å². The van der Waals surface area contributed by atoms with Gasteiger partial charge in [0.1, 0.15) is 0 Å². The van der Waals surface area contributed by atoms with Gasteiger partial charge in [-0.2, -0.15) is 5.26 Å². The second kappa shape index (κ2) is 10.9. The fourth-order valence-corrected chi connectivity index (χ4v) is 3.13. The molecule has 0 bridgehead atoms. The van der Waals surface area contributed by atoms with Crippen LogP contribution in [0.4, 0.5) is 0 Å². The highest BCUT2D eigenvalue weighted by molar-refractivity contribution is 7.58. The maximum Gasteiger partial charge on any atom is 0.340 e. The van der Waals surface area contributed by atoms with Crippen LogP contribution in [0.3, 0.4) is 0 Å². The minimum atomic E-state index is -0.524. The van der Waals surface area contributed by atoms with Crippen molar-refractivity contribution >= 4 is 30.2 Å². The van der Waals surface area contributed by atoms with Crippen LogP contribution in [0.15, 0.2) is 29.3 Å². The number of morpholine rings is 1. The van der Waals surface area contributed by atoms with Crippen LogP contribution in [0, 0.1) is 18.3 Å². The molecule has 0 atom stereocenters. The highest BCUT2D eigenvalue weighted by Gasteiger charge is 2.22. The Morgan fingerprint density at radius 1 is 1.36 bits per heavy atom. The Kier molecular flexibility index (Phi) is 8.61. The van der Waals surface area contributed by atoms with E-state index < -0.39 is 5.97 Å². The number of carbonyl (C=O) groups excluding carboxylic acids is 1. The first-order chi connectivity index (χ1) is 13.5. The standard InChI is InChI=1S/C16H13ClN2O2S.C4H9NO/c1-3-21-16(20)13-9(2)19-15(22)12(8-18)14(13)10-4-6-11(17)7-5-10;1-3-6-4-2-5-1/h4-7H,3H2,1-2H3,(H,19,22);5H,1-4H2. The van der Waals surface area contributed by atoms with Crippen LogP contribution in [-0.2, 0) is 22.1 Å². The lowest BCUT2D eigenvalue weighted by Gasteiger charge is -2.18. The first-order valence-electron chi connectivity index (χ1n) is 8.93. The van der Waals surface area contributed by atoms with E-state index in [0.717, 1.165) is 26.3 Å². The molecule has 2 N–H and O–H groups in total. The van der Waals surface area contributed by atoms with Crippen LogP contribution in [0.2, 0.25) is 5.02 Å². The van der Waals surface area contributed by atoms with Gasteiger partial charge in [0.25, 0.3) is 0 Å². The molecule has 0 saturated carbocycles. The molecular weight excluding hydrogens is 398 g/mol. The van der Waals surface area contributed by atoms with E-state index in [4.69, 9.17) is 33.7 Å². The summed E-state index contributed by atoms with van der Waals surface area (Å²) < 4.78 is 10.1. The molecule has 28 heavy (non-hydrogen) atoms. The minimum Gasteiger partial charge on any atom is -0.759 e. The van der Waals surface area contributed by atoms with Crippen molar-refractivity contribution in [3.63, 3.8) is 0 Å². The van der Waals surface area contributed by atoms with Crippen LogP contribution >= 0.6 is 11.6 Å². The van der Waals surface area contributed by atoms with E-state index in [-0.39, 0.29) is 22.8 Å². The third-order valence-electron chi connectivity index (χ3n) is 4.00. The van der Waals surface area contributed by atoms with Crippen molar-refractivity contribution in [2.45, 2.75) is 18.9 Å². The molecule has 1 saturated heterocycles. The maximum absolute atomic E-state index is 12.3. The average Bonchev–Trinajstić information content (AvgIpc) is 2.70. The zero-order chi connectivity index (χ0) is 20.5. The number of pyridine rings is 1. The van der Waals surface area contributed by atoms with Gasteiger partial charge in [-0.05, 0) is 31.5 Å². The number of nitrogens with zero attached hydrogens (tertiary/aromatic N) is 2. The fourth-order valence-electron chi connectivity index (χ4n) is 2.72. The highest BCUT2D eigenvalue weighted by atomic mass is 35.5. The summed E-state index contributed by atoms with van der Waals surface area (Å²) in [6.45, 7) is 7.81. The van der Waals surface area contributed by atoms with Crippen molar-refractivity contribution in [3.8, 4) is 17.2 Å². The molecule has 148 valence electrons. The third kappa shape index (κ3) is 5.63. The molecule has 0 spiro atoms. The van der Waals surface area contributed by atoms with Crippen LogP contribution in [0.1, 0.15) is 28.5 Å². The number of ether oxygens (including phenoxy) is 2. The molecule has 1 aromatic heterocycles. The summed E-state index contributed by atoms with van der Waals surface area (Å²) in [4.78, 5) is 16.4. The summed E-state index contributed by atoms with van der Waals surface area (Å²) in [6.07, 6.45) is 0. The molecule has 0 radical (unpaired) electrons. The van der Waals surface area contributed by atoms with Gasteiger partial charge in [0, 0.05) is 10.6 Å². The predicted molar refractivity (Wildman–Crippen MR) is 108 cm³/mol. The Bertz CT molecular complexity index is 851. The van der Waals surface area contributed by atoms with Gasteiger partial charge in [-0.1, -0.05) is 28.8 Å². The molecule has 2 heterocycles. The van der Waals surface area contributed by atoms with Crippen molar-refractivity contribution in [3.05, 3.63) is 46.1 Å². The molecular formula is C20H22ClN3O3S.